The zero-order valence-electron chi connectivity index (χ0n) is 12.8. The van der Waals surface area contributed by atoms with E-state index in [9.17, 15) is 4.79 Å². The summed E-state index contributed by atoms with van der Waals surface area (Å²) in [7, 11) is 0. The van der Waals surface area contributed by atoms with Crippen molar-refractivity contribution in [1.29, 1.82) is 0 Å². The van der Waals surface area contributed by atoms with Gasteiger partial charge in [-0.1, -0.05) is 30.3 Å². The molecule has 4 nitrogen and oxygen atoms in total. The minimum absolute atomic E-state index is 0.355. The van der Waals surface area contributed by atoms with Crippen LogP contribution in [0.2, 0.25) is 0 Å². The molecule has 0 heterocycles. The third-order valence-corrected chi connectivity index (χ3v) is 3.08. The Morgan fingerprint density at radius 1 is 1.09 bits per heavy atom. The summed E-state index contributed by atoms with van der Waals surface area (Å²) in [6.45, 7) is 2.14. The monoisotopic (exact) mass is 326 g/mol. The Kier molecular flexibility index (Phi) is 6.32. The van der Waals surface area contributed by atoms with Crippen LogP contribution in [0.15, 0.2) is 60.7 Å². The van der Waals surface area contributed by atoms with E-state index in [0.717, 1.165) is 16.9 Å². The highest BCUT2D eigenvalue weighted by atomic mass is 32.1. The molecule has 118 valence electrons. The van der Waals surface area contributed by atoms with E-state index in [1.54, 1.807) is 13.0 Å². The molecule has 0 unspecified atom stereocenters. The Balaban J connectivity index is 1.97. The second-order valence-corrected chi connectivity index (χ2v) is 5.06. The minimum atomic E-state index is -0.355. The van der Waals surface area contributed by atoms with Gasteiger partial charge in [0.05, 0.1) is 6.61 Å². The van der Waals surface area contributed by atoms with Crippen LogP contribution in [0, 0.1) is 0 Å². The van der Waals surface area contributed by atoms with Crippen molar-refractivity contribution in [3.05, 3.63) is 66.2 Å². The minimum Gasteiger partial charge on any atom is -0.463 e. The smallest absolute Gasteiger partial charge is 0.330 e. The first-order valence-electron chi connectivity index (χ1n) is 7.25. The quantitative estimate of drug-likeness (QED) is 0.493. The van der Waals surface area contributed by atoms with Crippen LogP contribution in [-0.2, 0) is 9.53 Å². The van der Waals surface area contributed by atoms with Crippen molar-refractivity contribution < 1.29 is 9.53 Å². The average Bonchev–Trinajstić information content (AvgIpc) is 2.54. The van der Waals surface area contributed by atoms with Gasteiger partial charge in [0.2, 0.25) is 0 Å². The van der Waals surface area contributed by atoms with E-state index in [1.807, 2.05) is 54.6 Å². The van der Waals surface area contributed by atoms with Gasteiger partial charge in [-0.2, -0.15) is 0 Å². The van der Waals surface area contributed by atoms with Crippen LogP contribution in [-0.4, -0.2) is 17.7 Å². The van der Waals surface area contributed by atoms with E-state index in [4.69, 9.17) is 17.0 Å². The van der Waals surface area contributed by atoms with Crippen LogP contribution in [0.4, 0.5) is 11.4 Å². The SMILES string of the molecule is CCOC(=O)/C=C/c1cccc(NC(=S)Nc2ccccc2)c1. The number of esters is 1. The molecule has 0 bridgehead atoms. The number of hydrogen-bond donors (Lipinski definition) is 2. The highest BCUT2D eigenvalue weighted by Gasteiger charge is 2.00. The zero-order chi connectivity index (χ0) is 16.5. The highest BCUT2D eigenvalue weighted by Crippen LogP contribution is 2.13. The second-order valence-electron chi connectivity index (χ2n) is 4.66. The predicted molar refractivity (Wildman–Crippen MR) is 98.4 cm³/mol. The molecular weight excluding hydrogens is 308 g/mol. The largest absolute Gasteiger partial charge is 0.463 e. The van der Waals surface area contributed by atoms with Gasteiger partial charge in [-0.3, -0.25) is 0 Å². The maximum Gasteiger partial charge on any atom is 0.330 e. The molecule has 0 saturated heterocycles. The van der Waals surface area contributed by atoms with Gasteiger partial charge in [0.25, 0.3) is 0 Å². The van der Waals surface area contributed by atoms with E-state index in [0.29, 0.717) is 11.7 Å². The van der Waals surface area contributed by atoms with Crippen LogP contribution in [0.25, 0.3) is 6.08 Å². The summed E-state index contributed by atoms with van der Waals surface area (Å²) in [5, 5.41) is 6.72. The van der Waals surface area contributed by atoms with Gasteiger partial charge in [0.15, 0.2) is 5.11 Å². The molecule has 0 fully saturated rings. The lowest BCUT2D eigenvalue weighted by molar-refractivity contribution is -0.137. The molecule has 0 saturated carbocycles. The maximum atomic E-state index is 11.3. The molecule has 2 aromatic rings. The van der Waals surface area contributed by atoms with E-state index in [1.165, 1.54) is 6.08 Å². The van der Waals surface area contributed by atoms with Crippen molar-refractivity contribution in [2.24, 2.45) is 0 Å². The molecule has 5 heteroatoms. The Labute approximate surface area is 141 Å². The molecule has 0 aliphatic heterocycles. The number of carbonyl (C=O) groups is 1. The summed E-state index contributed by atoms with van der Waals surface area (Å²) in [5.74, 6) is -0.355. The lowest BCUT2D eigenvalue weighted by Crippen LogP contribution is -2.18. The molecule has 0 atom stereocenters. The molecule has 0 aliphatic rings. The Morgan fingerprint density at radius 3 is 2.52 bits per heavy atom. The summed E-state index contributed by atoms with van der Waals surface area (Å²) in [6, 6.07) is 17.3. The number of hydrogen-bond acceptors (Lipinski definition) is 3. The number of thiocarbonyl (C=S) groups is 1. The van der Waals surface area contributed by atoms with Crippen LogP contribution in [0.1, 0.15) is 12.5 Å². The second kappa shape index (κ2) is 8.70. The Hall–Kier alpha value is -2.66. The number of carbonyl (C=O) groups excluding carboxylic acids is 1. The fourth-order valence-corrected chi connectivity index (χ4v) is 2.13. The van der Waals surface area contributed by atoms with Crippen LogP contribution >= 0.6 is 12.2 Å². The van der Waals surface area contributed by atoms with Crippen molar-refractivity contribution in [2.45, 2.75) is 6.92 Å². The van der Waals surface area contributed by atoms with E-state index in [-0.39, 0.29) is 5.97 Å². The van der Waals surface area contributed by atoms with E-state index < -0.39 is 0 Å². The van der Waals surface area contributed by atoms with Crippen LogP contribution in [0.5, 0.6) is 0 Å². The summed E-state index contributed by atoms with van der Waals surface area (Å²) in [6.07, 6.45) is 3.11. The third kappa shape index (κ3) is 5.92. The van der Waals surface area contributed by atoms with Gasteiger partial charge in [0, 0.05) is 17.5 Å². The molecule has 0 spiro atoms. The lowest BCUT2D eigenvalue weighted by Gasteiger charge is -2.10. The zero-order valence-corrected chi connectivity index (χ0v) is 13.6. The number of anilines is 2. The molecule has 2 N–H and O–H groups in total. The van der Waals surface area contributed by atoms with Crippen LogP contribution in [0.3, 0.4) is 0 Å². The fourth-order valence-electron chi connectivity index (χ4n) is 1.89. The molecule has 2 rings (SSSR count). The van der Waals surface area contributed by atoms with Gasteiger partial charge in [0.1, 0.15) is 0 Å². The lowest BCUT2D eigenvalue weighted by atomic mass is 10.2. The number of ether oxygens (including phenoxy) is 1. The van der Waals surface area contributed by atoms with Gasteiger partial charge >= 0.3 is 5.97 Å². The number of benzene rings is 2. The van der Waals surface area contributed by atoms with Gasteiger partial charge in [-0.05, 0) is 55.0 Å². The van der Waals surface area contributed by atoms with E-state index in [2.05, 4.69) is 10.6 Å². The number of rotatable bonds is 5. The highest BCUT2D eigenvalue weighted by molar-refractivity contribution is 7.80. The Bertz CT molecular complexity index is 699. The molecule has 23 heavy (non-hydrogen) atoms. The molecular formula is C18H18N2O2S. The van der Waals surface area contributed by atoms with Crippen molar-refractivity contribution in [1.82, 2.24) is 0 Å². The predicted octanol–water partition coefficient (Wildman–Crippen LogP) is 4.07. The van der Waals surface area contributed by atoms with Gasteiger partial charge in [-0.15, -0.1) is 0 Å². The normalized spacial score (nSPS) is 10.3. The molecule has 2 aromatic carbocycles. The number of nitrogens with one attached hydrogen (secondary N) is 2. The summed E-state index contributed by atoms with van der Waals surface area (Å²) < 4.78 is 4.85. The Morgan fingerprint density at radius 2 is 1.78 bits per heavy atom. The van der Waals surface area contributed by atoms with Crippen molar-refractivity contribution in [3.63, 3.8) is 0 Å². The number of para-hydroxylation sites is 1. The fraction of sp³-hybridized carbons (Fsp3) is 0.111. The molecule has 0 aliphatic carbocycles. The van der Waals surface area contributed by atoms with Crippen LogP contribution < -0.4 is 10.6 Å². The van der Waals surface area contributed by atoms with Crippen molar-refractivity contribution in [3.8, 4) is 0 Å². The van der Waals surface area contributed by atoms with Gasteiger partial charge < -0.3 is 15.4 Å². The average molecular weight is 326 g/mol. The van der Waals surface area contributed by atoms with E-state index >= 15 is 0 Å². The summed E-state index contributed by atoms with van der Waals surface area (Å²) >= 11 is 5.29. The molecule has 0 amide bonds. The van der Waals surface area contributed by atoms with Crippen molar-refractivity contribution >= 4 is 40.8 Å². The van der Waals surface area contributed by atoms with Crippen molar-refractivity contribution in [2.75, 3.05) is 17.2 Å². The molecule has 0 radical (unpaired) electrons. The first kappa shape index (κ1) is 16.7. The first-order chi connectivity index (χ1) is 11.2. The first-order valence-corrected chi connectivity index (χ1v) is 7.66. The topological polar surface area (TPSA) is 50.4 Å². The van der Waals surface area contributed by atoms with Gasteiger partial charge in [-0.25, -0.2) is 4.79 Å². The maximum absolute atomic E-state index is 11.3. The molecule has 0 aromatic heterocycles. The summed E-state index contributed by atoms with van der Waals surface area (Å²) in [4.78, 5) is 11.3. The summed E-state index contributed by atoms with van der Waals surface area (Å²) in [5.41, 5.74) is 2.64. The standard InChI is InChI=1S/C18H18N2O2S/c1-2-22-17(21)12-11-14-7-6-10-16(13-14)20-18(23)19-15-8-4-3-5-9-15/h3-13H,2H2,1H3,(H2,19,20,23)/b12-11+. The third-order valence-electron chi connectivity index (χ3n) is 2.87.